The number of benzene rings is 2. The maximum absolute atomic E-state index is 12.5. The minimum absolute atomic E-state index is 0.0730. The van der Waals surface area contributed by atoms with Gasteiger partial charge in [0.05, 0.1) is 11.3 Å². The molecule has 2 aromatic carbocycles. The van der Waals surface area contributed by atoms with Gasteiger partial charge in [0.15, 0.2) is 6.61 Å². The zero-order chi connectivity index (χ0) is 19.9. The molecular weight excluding hydrogens is 352 g/mol. The molecule has 5 heteroatoms. The number of hydrogen-bond acceptors (Lipinski definition) is 3. The third kappa shape index (κ3) is 4.91. The van der Waals surface area contributed by atoms with E-state index in [0.29, 0.717) is 11.3 Å². The zero-order valence-corrected chi connectivity index (χ0v) is 16.6. The van der Waals surface area contributed by atoms with Crippen LogP contribution in [-0.4, -0.2) is 24.5 Å². The van der Waals surface area contributed by atoms with Crippen molar-refractivity contribution in [1.82, 2.24) is 5.32 Å². The van der Waals surface area contributed by atoms with Crippen molar-refractivity contribution in [2.24, 2.45) is 0 Å². The summed E-state index contributed by atoms with van der Waals surface area (Å²) in [6.45, 7) is 3.88. The number of carbonyl (C=O) groups is 2. The highest BCUT2D eigenvalue weighted by Crippen LogP contribution is 2.29. The maximum atomic E-state index is 12.5. The van der Waals surface area contributed by atoms with Crippen LogP contribution in [0.25, 0.3) is 0 Å². The van der Waals surface area contributed by atoms with Crippen molar-refractivity contribution >= 4 is 17.5 Å². The standard InChI is InChI=1S/C23H28N2O3/c1-3-16(2)24-23(27)19-12-6-7-13-20(19)25-22(26)15-28-21-14-8-10-17-9-4-5-11-18(17)21/h6-8,10,12-14,16H,3-5,9,11,15H2,1-2H3,(H,24,27)(H,25,26)/t16-/m0/s1. The van der Waals surface area contributed by atoms with Crippen LogP contribution in [0.1, 0.15) is 54.6 Å². The fourth-order valence-electron chi connectivity index (χ4n) is 3.40. The van der Waals surface area contributed by atoms with Gasteiger partial charge in [-0.15, -0.1) is 0 Å². The minimum Gasteiger partial charge on any atom is -0.483 e. The van der Waals surface area contributed by atoms with Gasteiger partial charge in [0.1, 0.15) is 5.75 Å². The number of hydrogen-bond donors (Lipinski definition) is 2. The number of rotatable bonds is 7. The summed E-state index contributed by atoms with van der Waals surface area (Å²) in [6, 6.07) is 13.1. The van der Waals surface area contributed by atoms with Gasteiger partial charge < -0.3 is 15.4 Å². The second-order valence-electron chi connectivity index (χ2n) is 7.27. The molecular formula is C23H28N2O3. The maximum Gasteiger partial charge on any atom is 0.262 e. The van der Waals surface area contributed by atoms with E-state index >= 15 is 0 Å². The van der Waals surface area contributed by atoms with Crippen molar-refractivity contribution in [3.8, 4) is 5.75 Å². The van der Waals surface area contributed by atoms with Gasteiger partial charge >= 0.3 is 0 Å². The van der Waals surface area contributed by atoms with Crippen LogP contribution in [0.3, 0.4) is 0 Å². The number of anilines is 1. The Bertz CT molecular complexity index is 847. The summed E-state index contributed by atoms with van der Waals surface area (Å²) in [6.07, 6.45) is 5.25. The van der Waals surface area contributed by atoms with Crippen LogP contribution in [0.5, 0.6) is 5.75 Å². The monoisotopic (exact) mass is 380 g/mol. The molecule has 0 spiro atoms. The Kier molecular flexibility index (Phi) is 6.69. The predicted molar refractivity (Wildman–Crippen MR) is 111 cm³/mol. The van der Waals surface area contributed by atoms with E-state index in [1.807, 2.05) is 26.0 Å². The van der Waals surface area contributed by atoms with E-state index in [1.54, 1.807) is 24.3 Å². The van der Waals surface area contributed by atoms with Crippen molar-refractivity contribution in [3.63, 3.8) is 0 Å². The topological polar surface area (TPSA) is 67.4 Å². The quantitative estimate of drug-likeness (QED) is 0.760. The van der Waals surface area contributed by atoms with Crippen molar-refractivity contribution in [1.29, 1.82) is 0 Å². The van der Waals surface area contributed by atoms with Gasteiger partial charge in [-0.1, -0.05) is 31.2 Å². The van der Waals surface area contributed by atoms with Crippen LogP contribution in [0.4, 0.5) is 5.69 Å². The van der Waals surface area contributed by atoms with E-state index in [2.05, 4.69) is 16.7 Å². The lowest BCUT2D eigenvalue weighted by Gasteiger charge is -2.19. The van der Waals surface area contributed by atoms with E-state index in [4.69, 9.17) is 4.74 Å². The average Bonchev–Trinajstić information content (AvgIpc) is 2.72. The molecule has 0 unspecified atom stereocenters. The van der Waals surface area contributed by atoms with Gasteiger partial charge in [-0.2, -0.15) is 0 Å². The lowest BCUT2D eigenvalue weighted by atomic mass is 9.91. The Balaban J connectivity index is 1.64. The molecule has 0 aromatic heterocycles. The molecule has 0 bridgehead atoms. The number of amides is 2. The Hall–Kier alpha value is -2.82. The first-order valence-electron chi connectivity index (χ1n) is 10.0. The highest BCUT2D eigenvalue weighted by molar-refractivity contribution is 6.04. The van der Waals surface area contributed by atoms with E-state index in [1.165, 1.54) is 17.5 Å². The number of ether oxygens (including phenoxy) is 1. The van der Waals surface area contributed by atoms with E-state index in [9.17, 15) is 9.59 Å². The van der Waals surface area contributed by atoms with E-state index in [-0.39, 0.29) is 24.5 Å². The molecule has 3 rings (SSSR count). The summed E-state index contributed by atoms with van der Waals surface area (Å²) >= 11 is 0. The molecule has 0 fully saturated rings. The van der Waals surface area contributed by atoms with Crippen LogP contribution >= 0.6 is 0 Å². The number of fused-ring (bicyclic) bond motifs is 1. The largest absolute Gasteiger partial charge is 0.483 e. The van der Waals surface area contributed by atoms with E-state index in [0.717, 1.165) is 31.4 Å². The predicted octanol–water partition coefficient (Wildman–Crippen LogP) is 4.11. The molecule has 5 nitrogen and oxygen atoms in total. The SMILES string of the molecule is CC[C@H](C)NC(=O)c1ccccc1NC(=O)COc1cccc2c1CCCC2. The molecule has 0 heterocycles. The Morgan fingerprint density at radius 3 is 2.68 bits per heavy atom. The third-order valence-corrected chi connectivity index (χ3v) is 5.15. The molecule has 0 saturated heterocycles. The molecule has 0 aliphatic heterocycles. The van der Waals surface area contributed by atoms with Gasteiger partial charge in [0.25, 0.3) is 11.8 Å². The molecule has 1 aliphatic rings. The van der Waals surface area contributed by atoms with Crippen molar-refractivity contribution in [2.75, 3.05) is 11.9 Å². The lowest BCUT2D eigenvalue weighted by Crippen LogP contribution is -2.33. The summed E-state index contributed by atoms with van der Waals surface area (Å²) in [5.41, 5.74) is 3.48. The third-order valence-electron chi connectivity index (χ3n) is 5.15. The van der Waals surface area contributed by atoms with E-state index < -0.39 is 0 Å². The molecule has 28 heavy (non-hydrogen) atoms. The molecule has 2 amide bonds. The lowest BCUT2D eigenvalue weighted by molar-refractivity contribution is -0.118. The number of nitrogens with one attached hydrogen (secondary N) is 2. The van der Waals surface area contributed by atoms with Gasteiger partial charge in [0.2, 0.25) is 0 Å². The van der Waals surface area contributed by atoms with Gasteiger partial charge in [-0.3, -0.25) is 9.59 Å². The summed E-state index contributed by atoms with van der Waals surface area (Å²) in [7, 11) is 0. The van der Waals surface area contributed by atoms with Gasteiger partial charge in [-0.25, -0.2) is 0 Å². The van der Waals surface area contributed by atoms with Crippen molar-refractivity contribution < 1.29 is 14.3 Å². The number of para-hydroxylation sites is 1. The second kappa shape index (κ2) is 9.40. The molecule has 2 aromatic rings. The van der Waals surface area contributed by atoms with Crippen LogP contribution in [0.15, 0.2) is 42.5 Å². The van der Waals surface area contributed by atoms with Gasteiger partial charge in [-0.05, 0) is 68.4 Å². The Labute approximate surface area is 166 Å². The molecule has 1 aliphatic carbocycles. The Morgan fingerprint density at radius 2 is 1.86 bits per heavy atom. The zero-order valence-electron chi connectivity index (χ0n) is 16.6. The normalized spacial score (nSPS) is 13.9. The summed E-state index contributed by atoms with van der Waals surface area (Å²) in [5, 5.41) is 5.74. The summed E-state index contributed by atoms with van der Waals surface area (Å²) in [5.74, 6) is 0.315. The van der Waals surface area contributed by atoms with Gasteiger partial charge in [0, 0.05) is 6.04 Å². The van der Waals surface area contributed by atoms with Crippen LogP contribution in [0, 0.1) is 0 Å². The fourth-order valence-corrected chi connectivity index (χ4v) is 3.40. The molecule has 1 atom stereocenters. The molecule has 0 saturated carbocycles. The highest BCUT2D eigenvalue weighted by Gasteiger charge is 2.17. The average molecular weight is 380 g/mol. The number of aryl methyl sites for hydroxylation is 1. The van der Waals surface area contributed by atoms with Crippen molar-refractivity contribution in [2.45, 2.75) is 52.0 Å². The fraction of sp³-hybridized carbons (Fsp3) is 0.391. The summed E-state index contributed by atoms with van der Waals surface area (Å²) in [4.78, 5) is 24.9. The van der Waals surface area contributed by atoms with Crippen molar-refractivity contribution in [3.05, 3.63) is 59.2 Å². The summed E-state index contributed by atoms with van der Waals surface area (Å²) < 4.78 is 5.81. The minimum atomic E-state index is -0.280. The van der Waals surface area contributed by atoms with Crippen LogP contribution < -0.4 is 15.4 Å². The molecule has 0 radical (unpaired) electrons. The first-order valence-corrected chi connectivity index (χ1v) is 10.0. The highest BCUT2D eigenvalue weighted by atomic mass is 16.5. The molecule has 2 N–H and O–H groups in total. The number of carbonyl (C=O) groups excluding carboxylic acids is 2. The molecule has 148 valence electrons. The second-order valence-corrected chi connectivity index (χ2v) is 7.27. The smallest absolute Gasteiger partial charge is 0.262 e. The van der Waals surface area contributed by atoms with Crippen LogP contribution in [0.2, 0.25) is 0 Å². The Morgan fingerprint density at radius 1 is 1.07 bits per heavy atom. The van der Waals surface area contributed by atoms with Crippen LogP contribution in [-0.2, 0) is 17.6 Å². The first-order chi connectivity index (χ1) is 13.6. The first kappa shape index (κ1) is 19.9.